The molecule has 2 rings (SSSR count). The first kappa shape index (κ1) is 14.3. The van der Waals surface area contributed by atoms with Gasteiger partial charge >= 0.3 is 0 Å². The lowest BCUT2D eigenvalue weighted by Gasteiger charge is -2.37. The molecule has 0 spiro atoms. The molecule has 106 valence electrons. The molecule has 19 heavy (non-hydrogen) atoms. The third kappa shape index (κ3) is 3.93. The predicted molar refractivity (Wildman–Crippen MR) is 81.4 cm³/mol. The Kier molecular flexibility index (Phi) is 4.81. The Bertz CT molecular complexity index is 403. The summed E-state index contributed by atoms with van der Waals surface area (Å²) >= 11 is 0. The molecule has 1 aromatic rings. The Labute approximate surface area is 117 Å². The van der Waals surface area contributed by atoms with Crippen LogP contribution < -0.4 is 10.2 Å². The summed E-state index contributed by atoms with van der Waals surface area (Å²) in [5.74, 6) is 1.91. The van der Waals surface area contributed by atoms with Gasteiger partial charge in [0.1, 0.15) is 5.82 Å². The van der Waals surface area contributed by atoms with Gasteiger partial charge in [0.25, 0.3) is 0 Å². The maximum atomic E-state index is 4.57. The summed E-state index contributed by atoms with van der Waals surface area (Å²) < 4.78 is 0. The van der Waals surface area contributed by atoms with E-state index in [0.717, 1.165) is 24.8 Å². The van der Waals surface area contributed by atoms with Crippen LogP contribution in [0.4, 0.5) is 5.82 Å². The summed E-state index contributed by atoms with van der Waals surface area (Å²) in [6.07, 6.45) is 4.56. The number of anilines is 1. The molecule has 2 unspecified atom stereocenters. The summed E-state index contributed by atoms with van der Waals surface area (Å²) in [6, 6.07) is 5.48. The first-order chi connectivity index (χ1) is 9.06. The lowest BCUT2D eigenvalue weighted by molar-refractivity contribution is 0.388. The van der Waals surface area contributed by atoms with E-state index < -0.39 is 0 Å². The van der Waals surface area contributed by atoms with Crippen molar-refractivity contribution >= 4 is 5.82 Å². The van der Waals surface area contributed by atoms with E-state index >= 15 is 0 Å². The molecule has 3 heteroatoms. The summed E-state index contributed by atoms with van der Waals surface area (Å²) in [5.41, 5.74) is 1.32. The highest BCUT2D eigenvalue weighted by molar-refractivity contribution is 5.42. The van der Waals surface area contributed by atoms with Crippen LogP contribution >= 0.6 is 0 Å². The van der Waals surface area contributed by atoms with Crippen molar-refractivity contribution < 1.29 is 0 Å². The minimum Gasteiger partial charge on any atom is -0.354 e. The van der Waals surface area contributed by atoms with Crippen molar-refractivity contribution in [3.63, 3.8) is 0 Å². The predicted octanol–water partition coefficient (Wildman–Crippen LogP) is 3.20. The zero-order valence-corrected chi connectivity index (χ0v) is 12.7. The molecule has 3 nitrogen and oxygen atoms in total. The molecule has 0 bridgehead atoms. The Morgan fingerprint density at radius 3 is 2.89 bits per heavy atom. The second-order valence-corrected chi connectivity index (χ2v) is 6.24. The van der Waals surface area contributed by atoms with Gasteiger partial charge in [-0.3, -0.25) is 0 Å². The molecule has 1 aliphatic heterocycles. The van der Waals surface area contributed by atoms with Crippen LogP contribution in [0.1, 0.15) is 46.1 Å². The van der Waals surface area contributed by atoms with Crippen LogP contribution in [0.25, 0.3) is 0 Å². The van der Waals surface area contributed by atoms with Crippen molar-refractivity contribution in [1.82, 2.24) is 10.3 Å². The van der Waals surface area contributed by atoms with Crippen LogP contribution in [0.5, 0.6) is 0 Å². The van der Waals surface area contributed by atoms with Gasteiger partial charge in [-0.2, -0.15) is 0 Å². The number of piperidine rings is 1. The van der Waals surface area contributed by atoms with Crippen molar-refractivity contribution in [3.05, 3.63) is 23.9 Å². The van der Waals surface area contributed by atoms with E-state index in [9.17, 15) is 0 Å². The fourth-order valence-corrected chi connectivity index (χ4v) is 2.66. The molecule has 1 aromatic heterocycles. The molecule has 1 fully saturated rings. The minimum atomic E-state index is 0.519. The molecule has 1 saturated heterocycles. The van der Waals surface area contributed by atoms with Gasteiger partial charge in [0.05, 0.1) is 0 Å². The third-order valence-electron chi connectivity index (χ3n) is 3.94. The zero-order valence-electron chi connectivity index (χ0n) is 12.7. The zero-order chi connectivity index (χ0) is 13.8. The number of aromatic nitrogens is 1. The summed E-state index contributed by atoms with van der Waals surface area (Å²) in [5, 5.41) is 3.47. The van der Waals surface area contributed by atoms with Crippen molar-refractivity contribution in [3.8, 4) is 0 Å². The van der Waals surface area contributed by atoms with Crippen molar-refractivity contribution in [2.24, 2.45) is 5.92 Å². The molecule has 2 atom stereocenters. The van der Waals surface area contributed by atoms with Gasteiger partial charge in [-0.1, -0.05) is 20.8 Å². The Morgan fingerprint density at radius 1 is 1.37 bits per heavy atom. The van der Waals surface area contributed by atoms with E-state index in [4.69, 9.17) is 0 Å². The van der Waals surface area contributed by atoms with Gasteiger partial charge in [-0.25, -0.2) is 4.98 Å². The summed E-state index contributed by atoms with van der Waals surface area (Å²) in [4.78, 5) is 7.04. The average molecular weight is 261 g/mol. The van der Waals surface area contributed by atoms with Crippen LogP contribution in [0.2, 0.25) is 0 Å². The van der Waals surface area contributed by atoms with Crippen LogP contribution in [-0.2, 0) is 6.54 Å². The second-order valence-electron chi connectivity index (χ2n) is 6.24. The molecular weight excluding hydrogens is 234 g/mol. The van der Waals surface area contributed by atoms with Crippen LogP contribution in [0, 0.1) is 5.92 Å². The van der Waals surface area contributed by atoms with E-state index in [1.54, 1.807) is 0 Å². The van der Waals surface area contributed by atoms with Crippen LogP contribution in [0.15, 0.2) is 18.3 Å². The topological polar surface area (TPSA) is 28.2 Å². The Hall–Kier alpha value is -1.09. The van der Waals surface area contributed by atoms with E-state index in [-0.39, 0.29) is 0 Å². The fourth-order valence-electron chi connectivity index (χ4n) is 2.66. The standard InChI is InChI=1S/C16H27N3/c1-12(2)18-10-15-7-8-17-16(9-15)19-11-13(3)5-6-14(19)4/h7-9,12-14,18H,5-6,10-11H2,1-4H3. The van der Waals surface area contributed by atoms with Gasteiger partial charge in [0.15, 0.2) is 0 Å². The molecule has 0 amide bonds. The van der Waals surface area contributed by atoms with E-state index in [0.29, 0.717) is 12.1 Å². The molecular formula is C16H27N3. The molecule has 1 aliphatic rings. The highest BCUT2D eigenvalue weighted by Gasteiger charge is 2.23. The van der Waals surface area contributed by atoms with Crippen molar-refractivity contribution in [1.29, 1.82) is 0 Å². The van der Waals surface area contributed by atoms with Crippen LogP contribution in [-0.4, -0.2) is 23.6 Å². The highest BCUT2D eigenvalue weighted by atomic mass is 15.2. The molecule has 1 N–H and O–H groups in total. The Morgan fingerprint density at radius 2 is 2.16 bits per heavy atom. The third-order valence-corrected chi connectivity index (χ3v) is 3.94. The number of nitrogens with zero attached hydrogens (tertiary/aromatic N) is 2. The maximum absolute atomic E-state index is 4.57. The number of pyridine rings is 1. The summed E-state index contributed by atoms with van der Waals surface area (Å²) in [7, 11) is 0. The number of hydrogen-bond donors (Lipinski definition) is 1. The van der Waals surface area contributed by atoms with Gasteiger partial charge in [0, 0.05) is 31.4 Å². The van der Waals surface area contributed by atoms with Gasteiger partial charge in [-0.15, -0.1) is 0 Å². The van der Waals surface area contributed by atoms with Gasteiger partial charge in [-0.05, 0) is 43.4 Å². The fraction of sp³-hybridized carbons (Fsp3) is 0.688. The van der Waals surface area contributed by atoms with Crippen LogP contribution in [0.3, 0.4) is 0 Å². The van der Waals surface area contributed by atoms with Crippen molar-refractivity contribution in [2.75, 3.05) is 11.4 Å². The SMILES string of the molecule is CC1CCC(C)N(c2cc(CNC(C)C)ccn2)C1. The first-order valence-corrected chi connectivity index (χ1v) is 7.51. The number of hydrogen-bond acceptors (Lipinski definition) is 3. The average Bonchev–Trinajstić information content (AvgIpc) is 2.39. The molecule has 0 aromatic carbocycles. The normalized spacial score (nSPS) is 23.9. The Balaban J connectivity index is 2.08. The lowest BCUT2D eigenvalue weighted by Crippen LogP contribution is -2.41. The highest BCUT2D eigenvalue weighted by Crippen LogP contribution is 2.26. The molecule has 2 heterocycles. The lowest BCUT2D eigenvalue weighted by atomic mass is 9.95. The molecule has 0 radical (unpaired) electrons. The van der Waals surface area contributed by atoms with E-state index in [2.05, 4.69) is 55.0 Å². The minimum absolute atomic E-state index is 0.519. The quantitative estimate of drug-likeness (QED) is 0.902. The molecule has 0 aliphatic carbocycles. The second kappa shape index (κ2) is 6.38. The number of nitrogens with one attached hydrogen (secondary N) is 1. The van der Waals surface area contributed by atoms with Crippen molar-refractivity contribution in [2.45, 2.75) is 59.2 Å². The smallest absolute Gasteiger partial charge is 0.129 e. The van der Waals surface area contributed by atoms with E-state index in [1.165, 1.54) is 18.4 Å². The van der Waals surface area contributed by atoms with Gasteiger partial charge < -0.3 is 10.2 Å². The maximum Gasteiger partial charge on any atom is 0.129 e. The number of rotatable bonds is 4. The monoisotopic (exact) mass is 261 g/mol. The van der Waals surface area contributed by atoms with Gasteiger partial charge in [0.2, 0.25) is 0 Å². The summed E-state index contributed by atoms with van der Waals surface area (Å²) in [6.45, 7) is 11.1. The molecule has 0 saturated carbocycles. The van der Waals surface area contributed by atoms with E-state index in [1.807, 2.05) is 6.20 Å². The largest absolute Gasteiger partial charge is 0.354 e. The first-order valence-electron chi connectivity index (χ1n) is 7.51.